The summed E-state index contributed by atoms with van der Waals surface area (Å²) in [6.45, 7) is 5.34. The van der Waals surface area contributed by atoms with Gasteiger partial charge >= 0.3 is 0 Å². The molecule has 1 fully saturated rings. The molecule has 1 saturated heterocycles. The first kappa shape index (κ1) is 21.5. The molecule has 1 heterocycles. The van der Waals surface area contributed by atoms with Crippen molar-refractivity contribution >= 4 is 40.4 Å². The number of carbonyl (C=O) groups is 1. The summed E-state index contributed by atoms with van der Waals surface area (Å²) < 4.78 is 25.5. The number of halogens is 2. The van der Waals surface area contributed by atoms with Gasteiger partial charge in [-0.1, -0.05) is 11.6 Å². The Morgan fingerprint density at radius 2 is 2.17 bits per heavy atom. The summed E-state index contributed by atoms with van der Waals surface area (Å²) in [6.07, 6.45) is -0.194. The Balaban J connectivity index is 1.56. The number of Topliss-reactive ketones (excluding diaryl/α,β-unsaturated/α-hetero) is 1. The van der Waals surface area contributed by atoms with Crippen LogP contribution >= 0.6 is 23.8 Å². The van der Waals surface area contributed by atoms with E-state index in [-0.39, 0.29) is 17.6 Å². The summed E-state index contributed by atoms with van der Waals surface area (Å²) in [5, 5.41) is 3.74. The molecular weight excluding hydrogens is 415 g/mol. The lowest BCUT2D eigenvalue weighted by molar-refractivity contribution is -0.0280. The lowest BCUT2D eigenvalue weighted by Gasteiger charge is -2.34. The predicted octanol–water partition coefficient (Wildman–Crippen LogP) is 4.47. The average Bonchev–Trinajstić information content (AvgIpc) is 2.69. The molecular formula is C21H22ClFN2O3S. The predicted molar refractivity (Wildman–Crippen MR) is 116 cm³/mol. The van der Waals surface area contributed by atoms with E-state index >= 15 is 0 Å². The Labute approximate surface area is 179 Å². The minimum Gasteiger partial charge on any atom is -0.491 e. The number of rotatable bonds is 5. The number of nitrogens with one attached hydrogen (secondary N) is 1. The molecule has 0 bridgehead atoms. The van der Waals surface area contributed by atoms with Crippen molar-refractivity contribution in [2.45, 2.75) is 20.0 Å². The van der Waals surface area contributed by atoms with Gasteiger partial charge in [0, 0.05) is 23.7 Å². The molecule has 2 aromatic rings. The highest BCUT2D eigenvalue weighted by Crippen LogP contribution is 2.21. The highest BCUT2D eigenvalue weighted by Gasteiger charge is 2.23. The third-order valence-corrected chi connectivity index (χ3v) is 5.20. The minimum atomic E-state index is -0.422. The first-order chi connectivity index (χ1) is 13.8. The Morgan fingerprint density at radius 3 is 2.90 bits per heavy atom. The second kappa shape index (κ2) is 9.52. The van der Waals surface area contributed by atoms with Gasteiger partial charge in [-0.05, 0) is 68.0 Å². The van der Waals surface area contributed by atoms with Crippen molar-refractivity contribution < 1.29 is 18.7 Å². The van der Waals surface area contributed by atoms with Crippen LogP contribution in [0.1, 0.15) is 22.8 Å². The lowest BCUT2D eigenvalue weighted by atomic mass is 10.1. The fourth-order valence-corrected chi connectivity index (χ4v) is 3.55. The number of thiocarbonyl (C=S) groups is 1. The maximum absolute atomic E-state index is 13.9. The molecule has 1 unspecified atom stereocenters. The molecule has 0 radical (unpaired) electrons. The summed E-state index contributed by atoms with van der Waals surface area (Å²) in [5.41, 5.74) is 1.79. The van der Waals surface area contributed by atoms with Crippen LogP contribution in [0.3, 0.4) is 0 Å². The van der Waals surface area contributed by atoms with Gasteiger partial charge in [0.05, 0.1) is 12.3 Å². The Kier molecular flexibility index (Phi) is 7.05. The van der Waals surface area contributed by atoms with Gasteiger partial charge in [0.1, 0.15) is 24.3 Å². The second-order valence-corrected chi connectivity index (χ2v) is 7.66. The Morgan fingerprint density at radius 1 is 1.38 bits per heavy atom. The number of anilines is 1. The van der Waals surface area contributed by atoms with Crippen LogP contribution in [0.15, 0.2) is 36.4 Å². The number of nitrogens with zero attached hydrogens (tertiary/aromatic N) is 1. The normalized spacial score (nSPS) is 16.4. The molecule has 2 aromatic carbocycles. The lowest BCUT2D eigenvalue weighted by Crippen LogP contribution is -2.49. The van der Waals surface area contributed by atoms with Gasteiger partial charge in [-0.15, -0.1) is 0 Å². The molecule has 0 saturated carbocycles. The quantitative estimate of drug-likeness (QED) is 0.551. The number of morpholine rings is 1. The van der Waals surface area contributed by atoms with E-state index in [4.69, 9.17) is 33.3 Å². The van der Waals surface area contributed by atoms with E-state index in [0.29, 0.717) is 47.8 Å². The fraction of sp³-hybridized carbons (Fsp3) is 0.333. The van der Waals surface area contributed by atoms with Gasteiger partial charge in [-0.2, -0.15) is 0 Å². The Hall–Kier alpha value is -2.22. The molecule has 1 N–H and O–H groups in total. The van der Waals surface area contributed by atoms with E-state index in [2.05, 4.69) is 5.32 Å². The van der Waals surface area contributed by atoms with Crippen LogP contribution in [0.4, 0.5) is 10.1 Å². The van der Waals surface area contributed by atoms with Gasteiger partial charge in [0.15, 0.2) is 10.9 Å². The molecule has 8 heteroatoms. The molecule has 0 aromatic heterocycles. The molecule has 5 nitrogen and oxygen atoms in total. The largest absolute Gasteiger partial charge is 0.491 e. The Bertz CT molecular complexity index is 925. The van der Waals surface area contributed by atoms with Crippen LogP contribution in [0, 0.1) is 12.7 Å². The van der Waals surface area contributed by atoms with Gasteiger partial charge < -0.3 is 19.7 Å². The molecule has 154 valence electrons. The summed E-state index contributed by atoms with van der Waals surface area (Å²) in [6, 6.07) is 9.65. The summed E-state index contributed by atoms with van der Waals surface area (Å²) in [4.78, 5) is 13.5. The SMILES string of the molecule is CC(=O)c1ccc(OCC2CN(C(=S)Nc3cc(Cl)ccc3F)CCO2)cc1C. The van der Waals surface area contributed by atoms with E-state index in [0.717, 1.165) is 5.56 Å². The summed E-state index contributed by atoms with van der Waals surface area (Å²) in [5.74, 6) is 0.279. The van der Waals surface area contributed by atoms with Crippen LogP contribution in [0.5, 0.6) is 5.75 Å². The first-order valence-corrected chi connectivity index (χ1v) is 9.99. The monoisotopic (exact) mass is 436 g/mol. The number of ketones is 1. The van der Waals surface area contributed by atoms with Crippen molar-refractivity contribution in [2.75, 3.05) is 31.6 Å². The van der Waals surface area contributed by atoms with Crippen molar-refractivity contribution in [3.8, 4) is 5.75 Å². The number of aryl methyl sites for hydroxylation is 1. The van der Waals surface area contributed by atoms with E-state index in [1.807, 2.05) is 17.9 Å². The zero-order valence-corrected chi connectivity index (χ0v) is 17.8. The first-order valence-electron chi connectivity index (χ1n) is 9.20. The molecule has 0 spiro atoms. The highest BCUT2D eigenvalue weighted by atomic mass is 35.5. The zero-order valence-electron chi connectivity index (χ0n) is 16.2. The van der Waals surface area contributed by atoms with Crippen molar-refractivity contribution in [1.82, 2.24) is 4.90 Å². The van der Waals surface area contributed by atoms with Gasteiger partial charge in [0.2, 0.25) is 0 Å². The van der Waals surface area contributed by atoms with Crippen molar-refractivity contribution in [3.05, 3.63) is 58.4 Å². The number of ether oxygens (including phenoxy) is 2. The van der Waals surface area contributed by atoms with Crippen LogP contribution in [0.25, 0.3) is 0 Å². The van der Waals surface area contributed by atoms with E-state index in [1.54, 1.807) is 19.1 Å². The topological polar surface area (TPSA) is 50.8 Å². The van der Waals surface area contributed by atoms with Crippen LogP contribution < -0.4 is 10.1 Å². The van der Waals surface area contributed by atoms with E-state index in [9.17, 15) is 9.18 Å². The van der Waals surface area contributed by atoms with Crippen LogP contribution in [0.2, 0.25) is 5.02 Å². The standard InChI is InChI=1S/C21H22ClFN2O3S/c1-13-9-16(4-5-18(13)14(2)26)28-12-17-11-25(7-8-27-17)21(29)24-20-10-15(22)3-6-19(20)23/h3-6,9-10,17H,7-8,11-12H2,1-2H3,(H,24,29). The number of carbonyl (C=O) groups excluding carboxylic acids is 1. The molecule has 0 aliphatic carbocycles. The zero-order chi connectivity index (χ0) is 21.0. The number of benzene rings is 2. The summed E-state index contributed by atoms with van der Waals surface area (Å²) in [7, 11) is 0. The third-order valence-electron chi connectivity index (χ3n) is 4.61. The molecule has 3 rings (SSSR count). The van der Waals surface area contributed by atoms with Crippen LogP contribution in [-0.4, -0.2) is 48.2 Å². The molecule has 1 aliphatic rings. The molecule has 29 heavy (non-hydrogen) atoms. The smallest absolute Gasteiger partial charge is 0.173 e. The van der Waals surface area contributed by atoms with E-state index in [1.165, 1.54) is 18.2 Å². The summed E-state index contributed by atoms with van der Waals surface area (Å²) >= 11 is 11.4. The van der Waals surface area contributed by atoms with Crippen molar-refractivity contribution in [1.29, 1.82) is 0 Å². The fourth-order valence-electron chi connectivity index (χ4n) is 3.10. The van der Waals surface area contributed by atoms with Crippen molar-refractivity contribution in [2.24, 2.45) is 0 Å². The average molecular weight is 437 g/mol. The molecule has 1 atom stereocenters. The number of hydrogen-bond donors (Lipinski definition) is 1. The molecule has 1 aliphatic heterocycles. The van der Waals surface area contributed by atoms with Gasteiger partial charge in [-0.3, -0.25) is 4.79 Å². The molecule has 0 amide bonds. The minimum absolute atomic E-state index is 0.0254. The maximum Gasteiger partial charge on any atom is 0.173 e. The van der Waals surface area contributed by atoms with E-state index < -0.39 is 5.82 Å². The third kappa shape index (κ3) is 5.65. The van der Waals surface area contributed by atoms with Crippen molar-refractivity contribution in [3.63, 3.8) is 0 Å². The van der Waals surface area contributed by atoms with Gasteiger partial charge in [0.25, 0.3) is 0 Å². The maximum atomic E-state index is 13.9. The highest BCUT2D eigenvalue weighted by molar-refractivity contribution is 7.80. The number of hydrogen-bond acceptors (Lipinski definition) is 4. The van der Waals surface area contributed by atoms with Crippen LogP contribution in [-0.2, 0) is 4.74 Å². The second-order valence-electron chi connectivity index (χ2n) is 6.84. The van der Waals surface area contributed by atoms with Gasteiger partial charge in [-0.25, -0.2) is 4.39 Å².